The first-order chi connectivity index (χ1) is 19.1. The van der Waals surface area contributed by atoms with Crippen LogP contribution in [0.1, 0.15) is 123 Å². The normalized spacial score (nSPS) is 13.3. The van der Waals surface area contributed by atoms with Gasteiger partial charge in [-0.2, -0.15) is 0 Å². The van der Waals surface area contributed by atoms with E-state index < -0.39 is 18.1 Å². The average molecular weight is 571 g/mol. The molecule has 0 fully saturated rings. The van der Waals surface area contributed by atoms with Crippen LogP contribution in [0.4, 0.5) is 0 Å². The van der Waals surface area contributed by atoms with E-state index in [-0.39, 0.29) is 36.2 Å². The lowest BCUT2D eigenvalue weighted by Gasteiger charge is -2.31. The second kappa shape index (κ2) is 24.8. The van der Waals surface area contributed by atoms with Crippen molar-refractivity contribution in [3.63, 3.8) is 0 Å². The number of likely N-dealkylation sites (N-methyl/N-ethyl adjacent to an activating group) is 1. The fourth-order valence-corrected chi connectivity index (χ4v) is 4.38. The molecule has 0 aliphatic heterocycles. The van der Waals surface area contributed by atoms with Crippen molar-refractivity contribution < 1.29 is 38.2 Å². The van der Waals surface area contributed by atoms with E-state index in [1.165, 1.54) is 32.1 Å². The minimum atomic E-state index is -0.879. The highest BCUT2D eigenvalue weighted by Crippen LogP contribution is 2.12. The van der Waals surface area contributed by atoms with Gasteiger partial charge in [-0.25, -0.2) is 4.79 Å². The first-order valence-electron chi connectivity index (χ1n) is 15.7. The molecule has 0 aliphatic carbocycles. The zero-order valence-corrected chi connectivity index (χ0v) is 26.3. The second-order valence-corrected chi connectivity index (χ2v) is 11.7. The molecule has 234 valence electrons. The molecule has 0 aromatic heterocycles. The van der Waals surface area contributed by atoms with E-state index in [9.17, 15) is 19.5 Å². The van der Waals surface area contributed by atoms with Crippen molar-refractivity contribution in [2.75, 3.05) is 41.0 Å². The molecule has 0 saturated heterocycles. The number of esters is 2. The molecular formula is C32H60NO7+. The van der Waals surface area contributed by atoms with Gasteiger partial charge in [-0.1, -0.05) is 83.8 Å². The SMILES string of the molecule is CCC/C=C\CCCCCCCC(=O)OC(COCCC(C(=O)O)[N+](C)(C)C)COC(=O)CCCCCCCC. The van der Waals surface area contributed by atoms with Crippen LogP contribution in [0.25, 0.3) is 0 Å². The van der Waals surface area contributed by atoms with Crippen LogP contribution >= 0.6 is 0 Å². The van der Waals surface area contributed by atoms with E-state index in [0.29, 0.717) is 19.3 Å². The Morgan fingerprint density at radius 2 is 1.30 bits per heavy atom. The summed E-state index contributed by atoms with van der Waals surface area (Å²) in [5.41, 5.74) is 0. The van der Waals surface area contributed by atoms with Crippen molar-refractivity contribution in [2.45, 2.75) is 135 Å². The number of carboxylic acid groups (broad SMARTS) is 1. The standard InChI is InChI=1S/C32H59NO7/c1-6-8-10-12-14-15-16-17-19-21-23-31(35)40-28(26-38-25-24-29(32(36)37)33(3,4)5)27-39-30(34)22-20-18-13-11-9-7-2/h10,12,28-29H,6-9,11,13-27H2,1-5H3/p+1/b12-10-. The van der Waals surface area contributed by atoms with E-state index in [1.54, 1.807) is 0 Å². The molecule has 0 rings (SSSR count). The van der Waals surface area contributed by atoms with Gasteiger partial charge in [0.2, 0.25) is 0 Å². The molecule has 0 heterocycles. The number of nitrogens with zero attached hydrogens (tertiary/aromatic N) is 1. The molecule has 0 saturated carbocycles. The van der Waals surface area contributed by atoms with Gasteiger partial charge in [-0.15, -0.1) is 0 Å². The number of allylic oxidation sites excluding steroid dienone is 2. The topological polar surface area (TPSA) is 99.1 Å². The maximum absolute atomic E-state index is 12.5. The third kappa shape index (κ3) is 22.8. The van der Waals surface area contributed by atoms with E-state index in [0.717, 1.165) is 57.8 Å². The first-order valence-corrected chi connectivity index (χ1v) is 15.7. The summed E-state index contributed by atoms with van der Waals surface area (Å²) in [6.07, 6.45) is 19.9. The molecule has 40 heavy (non-hydrogen) atoms. The largest absolute Gasteiger partial charge is 0.477 e. The molecule has 0 amide bonds. The lowest BCUT2D eigenvalue weighted by Crippen LogP contribution is -2.50. The number of aliphatic carboxylic acids is 1. The summed E-state index contributed by atoms with van der Waals surface area (Å²) in [5, 5.41) is 9.51. The van der Waals surface area contributed by atoms with Gasteiger partial charge < -0.3 is 23.8 Å². The number of hydrogen-bond donors (Lipinski definition) is 1. The average Bonchev–Trinajstić information content (AvgIpc) is 2.89. The molecule has 1 N–H and O–H groups in total. The molecule has 2 atom stereocenters. The zero-order chi connectivity index (χ0) is 30.1. The number of unbranched alkanes of at least 4 members (excludes halogenated alkanes) is 11. The molecule has 2 unspecified atom stereocenters. The third-order valence-corrected chi connectivity index (χ3v) is 6.90. The van der Waals surface area contributed by atoms with Crippen molar-refractivity contribution >= 4 is 17.9 Å². The molecule has 0 aromatic rings. The van der Waals surface area contributed by atoms with E-state index in [1.807, 2.05) is 21.1 Å². The van der Waals surface area contributed by atoms with Crippen molar-refractivity contribution in [2.24, 2.45) is 0 Å². The van der Waals surface area contributed by atoms with Crippen molar-refractivity contribution in [1.29, 1.82) is 0 Å². The highest BCUT2D eigenvalue weighted by atomic mass is 16.6. The molecule has 0 spiro atoms. The predicted octanol–water partition coefficient (Wildman–Crippen LogP) is 6.85. The Hall–Kier alpha value is -1.93. The number of quaternary nitrogens is 1. The summed E-state index contributed by atoms with van der Waals surface area (Å²) in [6, 6.07) is -0.608. The number of ether oxygens (including phenoxy) is 3. The predicted molar refractivity (Wildman–Crippen MR) is 160 cm³/mol. The molecule has 8 nitrogen and oxygen atoms in total. The smallest absolute Gasteiger partial charge is 0.362 e. The summed E-state index contributed by atoms with van der Waals surface area (Å²) >= 11 is 0. The second-order valence-electron chi connectivity index (χ2n) is 11.7. The van der Waals surface area contributed by atoms with Crippen LogP contribution in [0.2, 0.25) is 0 Å². The Morgan fingerprint density at radius 1 is 0.725 bits per heavy atom. The van der Waals surface area contributed by atoms with Crippen LogP contribution < -0.4 is 0 Å². The monoisotopic (exact) mass is 570 g/mol. The van der Waals surface area contributed by atoms with E-state index in [4.69, 9.17) is 14.2 Å². The van der Waals surface area contributed by atoms with Gasteiger partial charge in [-0.05, 0) is 32.1 Å². The molecule has 8 heteroatoms. The van der Waals surface area contributed by atoms with E-state index >= 15 is 0 Å². The summed E-state index contributed by atoms with van der Waals surface area (Å²) in [5.74, 6) is -1.49. The maximum Gasteiger partial charge on any atom is 0.362 e. The van der Waals surface area contributed by atoms with Gasteiger partial charge in [0.25, 0.3) is 0 Å². The Kier molecular flexibility index (Phi) is 23.6. The third-order valence-electron chi connectivity index (χ3n) is 6.90. The lowest BCUT2D eigenvalue weighted by atomic mass is 10.1. The van der Waals surface area contributed by atoms with Crippen molar-refractivity contribution in [3.05, 3.63) is 12.2 Å². The number of carbonyl (C=O) groups excluding carboxylic acids is 2. The van der Waals surface area contributed by atoms with Crippen LogP contribution in [-0.2, 0) is 28.6 Å². The van der Waals surface area contributed by atoms with Crippen LogP contribution in [0.5, 0.6) is 0 Å². The molecule has 0 aliphatic rings. The van der Waals surface area contributed by atoms with Gasteiger partial charge in [0, 0.05) is 19.3 Å². The van der Waals surface area contributed by atoms with E-state index in [2.05, 4.69) is 26.0 Å². The van der Waals surface area contributed by atoms with Crippen LogP contribution in [-0.4, -0.2) is 80.6 Å². The van der Waals surface area contributed by atoms with Gasteiger partial charge in [0.05, 0.1) is 34.4 Å². The minimum absolute atomic E-state index is 0.0519. The minimum Gasteiger partial charge on any atom is -0.477 e. The Labute approximate surface area is 244 Å². The molecule has 0 aromatic carbocycles. The molecule has 0 radical (unpaired) electrons. The molecular weight excluding hydrogens is 510 g/mol. The lowest BCUT2D eigenvalue weighted by molar-refractivity contribution is -0.887. The Bertz CT molecular complexity index is 687. The number of hydrogen-bond acceptors (Lipinski definition) is 6. The van der Waals surface area contributed by atoms with Gasteiger partial charge in [0.1, 0.15) is 6.61 Å². The number of carboxylic acids is 1. The zero-order valence-electron chi connectivity index (χ0n) is 26.3. The fourth-order valence-electron chi connectivity index (χ4n) is 4.38. The van der Waals surface area contributed by atoms with Crippen molar-refractivity contribution in [3.8, 4) is 0 Å². The molecule has 0 bridgehead atoms. The number of carbonyl (C=O) groups is 3. The van der Waals surface area contributed by atoms with Crippen LogP contribution in [0, 0.1) is 0 Å². The quantitative estimate of drug-likeness (QED) is 0.0499. The Balaban J connectivity index is 4.52. The highest BCUT2D eigenvalue weighted by molar-refractivity contribution is 5.72. The van der Waals surface area contributed by atoms with Crippen LogP contribution in [0.15, 0.2) is 12.2 Å². The maximum atomic E-state index is 12.5. The first kappa shape index (κ1) is 38.1. The summed E-state index contributed by atoms with van der Waals surface area (Å²) in [7, 11) is 5.49. The summed E-state index contributed by atoms with van der Waals surface area (Å²) < 4.78 is 17.0. The van der Waals surface area contributed by atoms with Gasteiger partial charge in [0.15, 0.2) is 12.1 Å². The fraction of sp³-hybridized carbons (Fsp3) is 0.844. The summed E-state index contributed by atoms with van der Waals surface area (Å²) in [4.78, 5) is 36.3. The Morgan fingerprint density at radius 3 is 1.90 bits per heavy atom. The highest BCUT2D eigenvalue weighted by Gasteiger charge is 2.31. The van der Waals surface area contributed by atoms with Gasteiger partial charge in [-0.3, -0.25) is 9.59 Å². The summed E-state index contributed by atoms with van der Waals surface area (Å²) in [6.45, 7) is 4.57. The van der Waals surface area contributed by atoms with Crippen molar-refractivity contribution in [1.82, 2.24) is 0 Å². The van der Waals surface area contributed by atoms with Crippen LogP contribution in [0.3, 0.4) is 0 Å². The number of rotatable bonds is 27. The van der Waals surface area contributed by atoms with Gasteiger partial charge >= 0.3 is 17.9 Å².